The maximum Gasteiger partial charge on any atom is 0.261 e. The van der Waals surface area contributed by atoms with Crippen LogP contribution in [0.3, 0.4) is 0 Å². The van der Waals surface area contributed by atoms with E-state index in [1.54, 1.807) is 6.08 Å². The van der Waals surface area contributed by atoms with Crippen molar-refractivity contribution in [2.45, 2.75) is 11.8 Å². The summed E-state index contributed by atoms with van der Waals surface area (Å²) in [6.07, 6.45) is 2.93. The monoisotopic (exact) mass is 435 g/mol. The summed E-state index contributed by atoms with van der Waals surface area (Å²) in [4.78, 5) is 15.8. The number of benzene rings is 2. The van der Waals surface area contributed by atoms with E-state index in [9.17, 15) is 22.0 Å². The summed E-state index contributed by atoms with van der Waals surface area (Å²) in [5.74, 6) is -2.76. The molecule has 1 heterocycles. The summed E-state index contributed by atoms with van der Waals surface area (Å²) in [7, 11) is -4.09. The van der Waals surface area contributed by atoms with Gasteiger partial charge in [-0.3, -0.25) is 9.52 Å². The van der Waals surface area contributed by atoms with Crippen LogP contribution in [0.25, 0.3) is 6.08 Å². The van der Waals surface area contributed by atoms with E-state index >= 15 is 0 Å². The van der Waals surface area contributed by atoms with Gasteiger partial charge in [0.1, 0.15) is 0 Å². The number of thiazole rings is 1. The molecule has 29 heavy (non-hydrogen) atoms. The molecular formula is C19H15F2N3O3S2. The largest absolute Gasteiger partial charge is 0.323 e. The van der Waals surface area contributed by atoms with E-state index in [0.717, 1.165) is 17.1 Å². The highest BCUT2D eigenvalue weighted by atomic mass is 32.2. The molecule has 150 valence electrons. The first-order chi connectivity index (χ1) is 13.7. The number of hydrogen-bond donors (Lipinski definition) is 2. The Kier molecular flexibility index (Phi) is 6.04. The van der Waals surface area contributed by atoms with E-state index < -0.39 is 26.6 Å². The average Bonchev–Trinajstić information content (AvgIpc) is 3.09. The zero-order valence-corrected chi connectivity index (χ0v) is 16.7. The Hall–Kier alpha value is -3.11. The van der Waals surface area contributed by atoms with Crippen molar-refractivity contribution >= 4 is 44.7 Å². The van der Waals surface area contributed by atoms with Crippen LogP contribution >= 0.6 is 11.3 Å². The third kappa shape index (κ3) is 5.46. The molecule has 0 aliphatic heterocycles. The maximum atomic E-state index is 13.3. The fourth-order valence-electron chi connectivity index (χ4n) is 2.28. The number of aromatic nitrogens is 1. The van der Waals surface area contributed by atoms with Crippen LogP contribution in [0.15, 0.2) is 58.8 Å². The van der Waals surface area contributed by atoms with Crippen molar-refractivity contribution in [1.29, 1.82) is 0 Å². The van der Waals surface area contributed by atoms with Gasteiger partial charge in [-0.25, -0.2) is 22.2 Å². The van der Waals surface area contributed by atoms with E-state index in [1.807, 2.05) is 12.3 Å². The molecule has 2 aromatic carbocycles. The Labute approximate surface area is 170 Å². The van der Waals surface area contributed by atoms with Crippen LogP contribution in [0.4, 0.5) is 20.2 Å². The molecule has 1 aromatic heterocycles. The molecule has 0 fully saturated rings. The van der Waals surface area contributed by atoms with Gasteiger partial charge in [-0.15, -0.1) is 11.3 Å². The molecule has 0 bridgehead atoms. The van der Waals surface area contributed by atoms with Gasteiger partial charge in [0.2, 0.25) is 5.91 Å². The van der Waals surface area contributed by atoms with Crippen LogP contribution in [-0.2, 0) is 14.8 Å². The molecule has 10 heteroatoms. The maximum absolute atomic E-state index is 13.3. The first-order valence-electron chi connectivity index (χ1n) is 8.22. The summed E-state index contributed by atoms with van der Waals surface area (Å²) in [5.41, 5.74) is 1.33. The summed E-state index contributed by atoms with van der Waals surface area (Å²) in [6, 6.07) is 8.17. The number of sulfonamides is 1. The molecule has 3 aromatic rings. The highest BCUT2D eigenvalue weighted by molar-refractivity contribution is 7.92. The minimum atomic E-state index is -4.09. The van der Waals surface area contributed by atoms with Crippen molar-refractivity contribution in [3.05, 3.63) is 76.3 Å². The van der Waals surface area contributed by atoms with Gasteiger partial charge in [-0.05, 0) is 55.5 Å². The SMILES string of the molecule is Cc1nc(/C=C/C(=O)Nc2ccc(NS(=O)(=O)c3ccc(F)c(F)c3)cc2)cs1. The Morgan fingerprint density at radius 3 is 2.38 bits per heavy atom. The number of halogens is 2. The summed E-state index contributed by atoms with van der Waals surface area (Å²) < 4.78 is 53.1. The number of nitrogens with zero attached hydrogens (tertiary/aromatic N) is 1. The molecule has 0 saturated carbocycles. The van der Waals surface area contributed by atoms with Crippen LogP contribution in [-0.4, -0.2) is 19.3 Å². The zero-order valence-electron chi connectivity index (χ0n) is 15.0. The smallest absolute Gasteiger partial charge is 0.261 e. The molecule has 0 spiro atoms. The second-order valence-corrected chi connectivity index (χ2v) is 8.62. The first kappa shape index (κ1) is 20.6. The van der Waals surface area contributed by atoms with Gasteiger partial charge in [0.05, 0.1) is 15.6 Å². The predicted molar refractivity (Wildman–Crippen MR) is 108 cm³/mol. The van der Waals surface area contributed by atoms with Crippen molar-refractivity contribution < 1.29 is 22.0 Å². The van der Waals surface area contributed by atoms with Crippen LogP contribution in [0.1, 0.15) is 10.7 Å². The second-order valence-electron chi connectivity index (χ2n) is 5.87. The van der Waals surface area contributed by atoms with Crippen molar-refractivity contribution in [2.24, 2.45) is 0 Å². The predicted octanol–water partition coefficient (Wildman–Crippen LogP) is 4.18. The summed E-state index contributed by atoms with van der Waals surface area (Å²) in [6.45, 7) is 1.87. The van der Waals surface area contributed by atoms with Gasteiger partial charge >= 0.3 is 0 Å². The lowest BCUT2D eigenvalue weighted by Gasteiger charge is -2.09. The van der Waals surface area contributed by atoms with Crippen LogP contribution in [0, 0.1) is 18.6 Å². The number of nitrogens with one attached hydrogen (secondary N) is 2. The second kappa shape index (κ2) is 8.50. The first-order valence-corrected chi connectivity index (χ1v) is 10.6. The van der Waals surface area contributed by atoms with Crippen molar-refractivity contribution in [2.75, 3.05) is 10.0 Å². The Bertz CT molecular complexity index is 1170. The quantitative estimate of drug-likeness (QED) is 0.569. The minimum absolute atomic E-state index is 0.196. The van der Waals surface area contributed by atoms with Gasteiger partial charge < -0.3 is 5.32 Å². The van der Waals surface area contributed by atoms with E-state index in [0.29, 0.717) is 17.4 Å². The Morgan fingerprint density at radius 2 is 1.76 bits per heavy atom. The average molecular weight is 435 g/mol. The zero-order chi connectivity index (χ0) is 21.0. The molecule has 0 aliphatic carbocycles. The molecule has 0 saturated heterocycles. The van der Waals surface area contributed by atoms with E-state index in [1.165, 1.54) is 41.7 Å². The lowest BCUT2D eigenvalue weighted by Crippen LogP contribution is -2.13. The molecular weight excluding hydrogens is 420 g/mol. The number of amides is 1. The van der Waals surface area contributed by atoms with E-state index in [2.05, 4.69) is 15.0 Å². The van der Waals surface area contributed by atoms with E-state index in [-0.39, 0.29) is 11.6 Å². The van der Waals surface area contributed by atoms with Crippen LogP contribution in [0.2, 0.25) is 0 Å². The minimum Gasteiger partial charge on any atom is -0.323 e. The number of carbonyl (C=O) groups excluding carboxylic acids is 1. The molecule has 1 amide bonds. The lowest BCUT2D eigenvalue weighted by atomic mass is 10.3. The lowest BCUT2D eigenvalue weighted by molar-refractivity contribution is -0.111. The molecule has 0 radical (unpaired) electrons. The number of aryl methyl sites for hydroxylation is 1. The van der Waals surface area contributed by atoms with Gasteiger partial charge in [0.15, 0.2) is 11.6 Å². The summed E-state index contributed by atoms with van der Waals surface area (Å²) >= 11 is 1.48. The molecule has 6 nitrogen and oxygen atoms in total. The van der Waals surface area contributed by atoms with Gasteiger partial charge in [-0.1, -0.05) is 0 Å². The molecule has 0 atom stereocenters. The van der Waals surface area contributed by atoms with Gasteiger partial charge in [0, 0.05) is 22.8 Å². The molecule has 0 aliphatic rings. The Morgan fingerprint density at radius 1 is 1.07 bits per heavy atom. The molecule has 0 unspecified atom stereocenters. The Balaban J connectivity index is 1.64. The number of rotatable bonds is 6. The topological polar surface area (TPSA) is 88.2 Å². The molecule has 3 rings (SSSR count). The standard InChI is InChI=1S/C19H15F2N3O3S2/c1-12-22-15(11-28-12)6-9-19(25)23-13-2-4-14(5-3-13)24-29(26,27)16-7-8-17(20)18(21)10-16/h2-11,24H,1H3,(H,23,25)/b9-6+. The van der Waals surface area contributed by atoms with Crippen molar-refractivity contribution in [3.63, 3.8) is 0 Å². The number of anilines is 2. The van der Waals surface area contributed by atoms with Gasteiger partial charge in [-0.2, -0.15) is 0 Å². The third-order valence-corrected chi connectivity index (χ3v) is 5.82. The van der Waals surface area contributed by atoms with Gasteiger partial charge in [0.25, 0.3) is 10.0 Å². The van der Waals surface area contributed by atoms with Crippen LogP contribution in [0.5, 0.6) is 0 Å². The number of hydrogen-bond acceptors (Lipinski definition) is 5. The van der Waals surface area contributed by atoms with Crippen LogP contribution < -0.4 is 10.0 Å². The fraction of sp³-hybridized carbons (Fsp3) is 0.0526. The highest BCUT2D eigenvalue weighted by Crippen LogP contribution is 2.20. The molecule has 2 N–H and O–H groups in total. The van der Waals surface area contributed by atoms with E-state index in [4.69, 9.17) is 0 Å². The highest BCUT2D eigenvalue weighted by Gasteiger charge is 2.16. The third-order valence-electron chi connectivity index (χ3n) is 3.65. The van der Waals surface area contributed by atoms with Crippen molar-refractivity contribution in [1.82, 2.24) is 4.98 Å². The normalized spacial score (nSPS) is 11.6. The summed E-state index contributed by atoms with van der Waals surface area (Å²) in [5, 5.41) is 5.36. The fourth-order valence-corrected chi connectivity index (χ4v) is 3.93. The number of carbonyl (C=O) groups is 1. The van der Waals surface area contributed by atoms with Crippen molar-refractivity contribution in [3.8, 4) is 0 Å².